The summed E-state index contributed by atoms with van der Waals surface area (Å²) in [4.78, 5) is 13.2. The van der Waals surface area contributed by atoms with E-state index >= 15 is 0 Å². The van der Waals surface area contributed by atoms with Gasteiger partial charge in [0.15, 0.2) is 6.29 Å². The number of nitrogens with one attached hydrogen (secondary N) is 1. The lowest BCUT2D eigenvalue weighted by Crippen LogP contribution is -2.61. The van der Waals surface area contributed by atoms with Gasteiger partial charge >= 0.3 is 10.4 Å². The summed E-state index contributed by atoms with van der Waals surface area (Å²) >= 11 is 0. The molecular weight excluding hydrogens is 935 g/mol. The van der Waals surface area contributed by atoms with E-state index in [1.54, 1.807) is 0 Å². The van der Waals surface area contributed by atoms with Crippen molar-refractivity contribution in [3.8, 4) is 0 Å². The number of aliphatic hydroxyl groups is 5. The number of amides is 1. The molecule has 1 aliphatic heterocycles. The van der Waals surface area contributed by atoms with Crippen molar-refractivity contribution in [1.82, 2.24) is 5.32 Å². The molecule has 14 heteroatoms. The maximum Gasteiger partial charge on any atom is 0.397 e. The third-order valence-corrected chi connectivity index (χ3v) is 15.5. The molecule has 72 heavy (non-hydrogen) atoms. The molecule has 0 spiro atoms. The number of aliphatic hydroxyl groups excluding tert-OH is 5. The zero-order valence-electron chi connectivity index (χ0n) is 46.4. The van der Waals surface area contributed by atoms with Crippen LogP contribution in [0.15, 0.2) is 0 Å². The second kappa shape index (κ2) is 48.4. The van der Waals surface area contributed by atoms with Crippen molar-refractivity contribution in [3.63, 3.8) is 0 Å². The van der Waals surface area contributed by atoms with Gasteiger partial charge in [-0.05, 0) is 12.8 Å². The Morgan fingerprint density at radius 3 is 1.11 bits per heavy atom. The van der Waals surface area contributed by atoms with Crippen molar-refractivity contribution >= 4 is 16.3 Å². The van der Waals surface area contributed by atoms with Crippen molar-refractivity contribution in [3.05, 3.63) is 0 Å². The molecule has 1 rings (SSSR count). The fourth-order valence-corrected chi connectivity index (χ4v) is 10.7. The first-order valence-electron chi connectivity index (χ1n) is 30.5. The van der Waals surface area contributed by atoms with Crippen LogP contribution >= 0.6 is 0 Å². The summed E-state index contributed by atoms with van der Waals surface area (Å²) in [7, 11) is -5.11. The SMILES string of the molecule is CCCCCCCCCCCCCCCCCCCCCCCCC(O)C(=O)NC(COC1OC(CO)C(O)C(OS(=O)(=O)O)C1O)C(O)CCCCCCCCCCCCCCCCCCCCCCC. The van der Waals surface area contributed by atoms with Crippen molar-refractivity contribution in [1.29, 1.82) is 0 Å². The van der Waals surface area contributed by atoms with Crippen LogP contribution in [0.5, 0.6) is 0 Å². The molecule has 1 fully saturated rings. The third kappa shape index (κ3) is 39.4. The first-order valence-corrected chi connectivity index (χ1v) is 31.9. The van der Waals surface area contributed by atoms with Crippen LogP contribution in [-0.2, 0) is 28.9 Å². The molecule has 430 valence electrons. The van der Waals surface area contributed by atoms with Gasteiger partial charge < -0.3 is 40.3 Å². The summed E-state index contributed by atoms with van der Waals surface area (Å²) in [6.07, 6.45) is 44.2. The summed E-state index contributed by atoms with van der Waals surface area (Å²) in [5.41, 5.74) is 0. The molecule has 0 aromatic heterocycles. The highest BCUT2D eigenvalue weighted by atomic mass is 32.3. The van der Waals surface area contributed by atoms with E-state index in [0.717, 1.165) is 38.5 Å². The van der Waals surface area contributed by atoms with Crippen LogP contribution in [0.3, 0.4) is 0 Å². The molecule has 1 aliphatic rings. The first-order chi connectivity index (χ1) is 34.9. The summed E-state index contributed by atoms with van der Waals surface area (Å²) in [6, 6.07) is -1.03. The molecular formula is C58H115NO12S. The number of unbranched alkanes of at least 4 members (excludes halogenated alkanes) is 41. The van der Waals surface area contributed by atoms with Gasteiger partial charge in [-0.3, -0.25) is 9.35 Å². The molecule has 13 nitrogen and oxygen atoms in total. The van der Waals surface area contributed by atoms with E-state index in [-0.39, 0.29) is 6.42 Å². The average molecular weight is 1050 g/mol. The quantitative estimate of drug-likeness (QED) is 0.0224. The highest BCUT2D eigenvalue weighted by Gasteiger charge is 2.48. The van der Waals surface area contributed by atoms with Gasteiger partial charge in [-0.15, -0.1) is 0 Å². The third-order valence-electron chi connectivity index (χ3n) is 15.0. The lowest BCUT2D eigenvalue weighted by atomic mass is 9.99. The van der Waals surface area contributed by atoms with Crippen LogP contribution in [-0.4, -0.2) is 107 Å². The van der Waals surface area contributed by atoms with Crippen LogP contribution in [0.4, 0.5) is 0 Å². The number of rotatable bonds is 54. The lowest BCUT2D eigenvalue weighted by Gasteiger charge is -2.41. The lowest BCUT2D eigenvalue weighted by molar-refractivity contribution is -0.298. The van der Waals surface area contributed by atoms with E-state index in [1.807, 2.05) is 0 Å². The van der Waals surface area contributed by atoms with Crippen molar-refractivity contribution in [2.45, 2.75) is 352 Å². The normalized spacial score (nSPS) is 19.7. The van der Waals surface area contributed by atoms with E-state index in [9.17, 15) is 43.3 Å². The smallest absolute Gasteiger partial charge is 0.394 e. The van der Waals surface area contributed by atoms with E-state index in [4.69, 9.17) is 9.47 Å². The zero-order chi connectivity index (χ0) is 52.8. The van der Waals surface area contributed by atoms with Crippen molar-refractivity contribution < 1.29 is 57.0 Å². The minimum Gasteiger partial charge on any atom is -0.394 e. The number of carbonyl (C=O) groups excluding carboxylic acids is 1. The maximum absolute atomic E-state index is 13.2. The number of hydrogen-bond donors (Lipinski definition) is 7. The van der Waals surface area contributed by atoms with E-state index in [1.165, 1.54) is 225 Å². The fourth-order valence-electron chi connectivity index (χ4n) is 10.2. The average Bonchev–Trinajstić information content (AvgIpc) is 3.36. The van der Waals surface area contributed by atoms with Crippen LogP contribution in [0, 0.1) is 0 Å². The largest absolute Gasteiger partial charge is 0.397 e. The van der Waals surface area contributed by atoms with Crippen molar-refractivity contribution in [2.75, 3.05) is 13.2 Å². The van der Waals surface area contributed by atoms with Crippen LogP contribution in [0.1, 0.15) is 303 Å². The van der Waals surface area contributed by atoms with Gasteiger partial charge in [0.2, 0.25) is 5.91 Å². The predicted octanol–water partition coefficient (Wildman–Crippen LogP) is 13.4. The molecule has 0 aromatic rings. The molecule has 1 saturated heterocycles. The summed E-state index contributed by atoms with van der Waals surface area (Å²) in [5.74, 6) is -0.661. The monoisotopic (exact) mass is 1050 g/mol. The van der Waals surface area contributed by atoms with E-state index in [2.05, 4.69) is 23.3 Å². The van der Waals surface area contributed by atoms with Crippen LogP contribution in [0.2, 0.25) is 0 Å². The number of ether oxygens (including phenoxy) is 2. The molecule has 0 radical (unpaired) electrons. The Morgan fingerprint density at radius 2 is 0.806 bits per heavy atom. The van der Waals surface area contributed by atoms with Gasteiger partial charge in [-0.1, -0.05) is 290 Å². The molecule has 8 atom stereocenters. The number of hydrogen-bond acceptors (Lipinski definition) is 11. The van der Waals surface area contributed by atoms with Crippen LogP contribution in [0.25, 0.3) is 0 Å². The van der Waals surface area contributed by atoms with E-state index < -0.39 is 78.5 Å². The second-order valence-corrected chi connectivity index (χ2v) is 22.8. The Kier molecular flexibility index (Phi) is 46.5. The Bertz CT molecular complexity index is 1300. The maximum atomic E-state index is 13.2. The van der Waals surface area contributed by atoms with Gasteiger partial charge in [-0.25, -0.2) is 4.18 Å². The molecule has 0 aromatic carbocycles. The van der Waals surface area contributed by atoms with Gasteiger partial charge in [0.25, 0.3) is 0 Å². The highest BCUT2D eigenvalue weighted by molar-refractivity contribution is 7.80. The van der Waals surface area contributed by atoms with Gasteiger partial charge in [0, 0.05) is 0 Å². The van der Waals surface area contributed by atoms with Crippen molar-refractivity contribution in [2.24, 2.45) is 0 Å². The zero-order valence-corrected chi connectivity index (χ0v) is 47.2. The molecule has 0 aliphatic carbocycles. The van der Waals surface area contributed by atoms with E-state index in [0.29, 0.717) is 19.3 Å². The Balaban J connectivity index is 2.37. The second-order valence-electron chi connectivity index (χ2n) is 21.8. The minimum absolute atomic E-state index is 0.267. The summed E-state index contributed by atoms with van der Waals surface area (Å²) < 4.78 is 47.9. The highest BCUT2D eigenvalue weighted by Crippen LogP contribution is 2.26. The Hall–Kier alpha value is -0.940. The number of carbonyl (C=O) groups is 1. The standard InChI is InChI=1S/C58H115NO12S/c1-3-5-7-9-11-13-15-17-19-21-23-25-27-29-31-33-35-37-39-41-43-45-47-52(62)57(65)59-50(49-69-58-55(64)56(71-72(66,67)68)54(63)53(48-60)70-58)51(61)46-44-42-40-38-36-34-32-30-28-26-24-22-20-18-16-14-12-10-8-6-4-2/h50-56,58,60-64H,3-49H2,1-2H3,(H,59,65)(H,66,67,68). The topological polar surface area (TPSA) is 212 Å². The Morgan fingerprint density at radius 1 is 0.500 bits per heavy atom. The molecule has 7 N–H and O–H groups in total. The van der Waals surface area contributed by atoms with Gasteiger partial charge in [0.05, 0.1) is 25.4 Å². The fraction of sp³-hybridized carbons (Fsp3) is 0.983. The molecule has 0 bridgehead atoms. The van der Waals surface area contributed by atoms with Gasteiger partial charge in [0.1, 0.15) is 30.5 Å². The summed E-state index contributed by atoms with van der Waals surface area (Å²) in [5, 5.41) is 55.8. The molecule has 0 saturated carbocycles. The van der Waals surface area contributed by atoms with Crippen LogP contribution < -0.4 is 5.32 Å². The first kappa shape index (κ1) is 69.1. The predicted molar refractivity (Wildman–Crippen MR) is 293 cm³/mol. The molecule has 8 unspecified atom stereocenters. The van der Waals surface area contributed by atoms with Gasteiger partial charge in [-0.2, -0.15) is 8.42 Å². The minimum atomic E-state index is -5.11. The molecule has 1 heterocycles. The summed E-state index contributed by atoms with van der Waals surface area (Å²) in [6.45, 7) is 3.35. The Labute approximate surface area is 441 Å². The molecule has 1 amide bonds.